The molecule has 0 spiro atoms. The number of fused-ring (bicyclic) bond motifs is 1. The predicted octanol–water partition coefficient (Wildman–Crippen LogP) is 5.84. The number of allylic oxidation sites excluding steroid dienone is 1. The van der Waals surface area contributed by atoms with Crippen molar-refractivity contribution in [3.8, 4) is 23.0 Å². The summed E-state index contributed by atoms with van der Waals surface area (Å²) in [5, 5.41) is 0.617. The van der Waals surface area contributed by atoms with E-state index in [0.717, 1.165) is 11.1 Å². The van der Waals surface area contributed by atoms with Gasteiger partial charge in [-0.1, -0.05) is 53.3 Å². The average Bonchev–Trinajstić information content (AvgIpc) is 3.33. The molecule has 0 saturated heterocycles. The number of carbonyl (C=O) groups is 1. The molecule has 0 bridgehead atoms. The van der Waals surface area contributed by atoms with E-state index in [-0.39, 0.29) is 30.5 Å². The molecule has 0 radical (unpaired) electrons. The molecule has 46 heavy (non-hydrogen) atoms. The maximum Gasteiger partial charge on any atom is 0.338 e. The van der Waals surface area contributed by atoms with Crippen LogP contribution in [0.2, 0.25) is 5.02 Å². The number of carbonyl (C=O) groups excluding carboxylic acids is 1. The molecule has 0 N–H and O–H groups in total. The molecular formula is C35H35ClN2O7S. The number of ether oxygens (including phenoxy) is 5. The Morgan fingerprint density at radius 1 is 1.02 bits per heavy atom. The van der Waals surface area contributed by atoms with Crippen molar-refractivity contribution in [1.29, 1.82) is 0 Å². The Bertz CT molecular complexity index is 1980. The number of nitrogens with zero attached hydrogens (tertiary/aromatic N) is 2. The van der Waals surface area contributed by atoms with Gasteiger partial charge in [-0.15, -0.1) is 0 Å². The molecular weight excluding hydrogens is 628 g/mol. The van der Waals surface area contributed by atoms with Gasteiger partial charge in [0.15, 0.2) is 27.8 Å². The van der Waals surface area contributed by atoms with Crippen LogP contribution in [-0.2, 0) is 16.1 Å². The van der Waals surface area contributed by atoms with Gasteiger partial charge in [0, 0.05) is 10.6 Å². The number of benzene rings is 3. The molecule has 0 aliphatic carbocycles. The first kappa shape index (κ1) is 32.8. The lowest BCUT2D eigenvalue weighted by Crippen LogP contribution is -2.40. The average molecular weight is 663 g/mol. The van der Waals surface area contributed by atoms with Crippen LogP contribution in [0.3, 0.4) is 0 Å². The summed E-state index contributed by atoms with van der Waals surface area (Å²) in [6.45, 7) is 7.78. The summed E-state index contributed by atoms with van der Waals surface area (Å²) in [4.78, 5) is 32.5. The maximum absolute atomic E-state index is 14.1. The molecule has 5 rings (SSSR count). The van der Waals surface area contributed by atoms with Gasteiger partial charge in [-0.3, -0.25) is 9.36 Å². The molecule has 1 aliphatic rings. The zero-order valence-electron chi connectivity index (χ0n) is 26.5. The molecule has 4 aromatic rings. The highest BCUT2D eigenvalue weighted by Gasteiger charge is 2.34. The third kappa shape index (κ3) is 6.83. The van der Waals surface area contributed by atoms with E-state index in [2.05, 4.69) is 4.99 Å². The van der Waals surface area contributed by atoms with Crippen LogP contribution in [0.15, 0.2) is 81.7 Å². The van der Waals surface area contributed by atoms with Crippen molar-refractivity contribution in [3.05, 3.63) is 113 Å². The predicted molar refractivity (Wildman–Crippen MR) is 178 cm³/mol. The molecule has 1 aliphatic heterocycles. The van der Waals surface area contributed by atoms with Crippen molar-refractivity contribution in [2.24, 2.45) is 4.99 Å². The van der Waals surface area contributed by atoms with Crippen molar-refractivity contribution in [3.63, 3.8) is 0 Å². The third-order valence-corrected chi connectivity index (χ3v) is 8.56. The number of aromatic nitrogens is 1. The zero-order valence-corrected chi connectivity index (χ0v) is 28.0. The van der Waals surface area contributed by atoms with Gasteiger partial charge in [0.05, 0.1) is 48.8 Å². The Balaban J connectivity index is 1.57. The first-order valence-corrected chi connectivity index (χ1v) is 15.9. The summed E-state index contributed by atoms with van der Waals surface area (Å²) in [5.41, 5.74) is 2.67. The van der Waals surface area contributed by atoms with E-state index in [9.17, 15) is 9.59 Å². The fourth-order valence-electron chi connectivity index (χ4n) is 5.13. The molecule has 3 aromatic carbocycles. The second-order valence-corrected chi connectivity index (χ2v) is 12.1. The highest BCUT2D eigenvalue weighted by atomic mass is 35.5. The number of methoxy groups -OCH3 is 2. The molecule has 0 fully saturated rings. The molecule has 0 unspecified atom stereocenters. The van der Waals surface area contributed by atoms with E-state index in [1.165, 1.54) is 15.9 Å². The van der Waals surface area contributed by atoms with Gasteiger partial charge in [-0.05, 0) is 75.2 Å². The largest absolute Gasteiger partial charge is 0.493 e. The van der Waals surface area contributed by atoms with Gasteiger partial charge in [0.1, 0.15) is 6.61 Å². The van der Waals surface area contributed by atoms with Crippen molar-refractivity contribution in [2.45, 2.75) is 46.4 Å². The van der Waals surface area contributed by atoms with Crippen LogP contribution in [-0.4, -0.2) is 37.5 Å². The van der Waals surface area contributed by atoms with Crippen LogP contribution < -0.4 is 33.8 Å². The molecule has 2 heterocycles. The summed E-state index contributed by atoms with van der Waals surface area (Å²) in [5.74, 6) is 1.54. The lowest BCUT2D eigenvalue weighted by atomic mass is 9.95. The monoisotopic (exact) mass is 662 g/mol. The quantitative estimate of drug-likeness (QED) is 0.186. The van der Waals surface area contributed by atoms with Crippen LogP contribution in [0.4, 0.5) is 0 Å². The van der Waals surface area contributed by atoms with E-state index in [0.29, 0.717) is 48.6 Å². The summed E-state index contributed by atoms with van der Waals surface area (Å²) in [7, 11) is 3.10. The van der Waals surface area contributed by atoms with Gasteiger partial charge < -0.3 is 23.7 Å². The van der Waals surface area contributed by atoms with Crippen LogP contribution in [0.1, 0.15) is 50.4 Å². The number of halogens is 1. The number of thiazole rings is 1. The molecule has 1 atom stereocenters. The Labute approximate surface area is 275 Å². The Morgan fingerprint density at radius 3 is 2.43 bits per heavy atom. The Morgan fingerprint density at radius 2 is 1.74 bits per heavy atom. The lowest BCUT2D eigenvalue weighted by molar-refractivity contribution is -0.139. The zero-order chi connectivity index (χ0) is 33.0. The van der Waals surface area contributed by atoms with Crippen LogP contribution in [0.25, 0.3) is 6.08 Å². The third-order valence-electron chi connectivity index (χ3n) is 7.21. The summed E-state index contributed by atoms with van der Waals surface area (Å²) < 4.78 is 30.5. The fourth-order valence-corrected chi connectivity index (χ4v) is 6.36. The van der Waals surface area contributed by atoms with Gasteiger partial charge in [-0.2, -0.15) is 0 Å². The van der Waals surface area contributed by atoms with Crippen molar-refractivity contribution in [2.75, 3.05) is 20.8 Å². The molecule has 0 saturated carbocycles. The van der Waals surface area contributed by atoms with Crippen LogP contribution in [0.5, 0.6) is 23.0 Å². The van der Waals surface area contributed by atoms with Crippen molar-refractivity contribution in [1.82, 2.24) is 4.57 Å². The van der Waals surface area contributed by atoms with Crippen molar-refractivity contribution >= 4 is 35.0 Å². The van der Waals surface area contributed by atoms with Gasteiger partial charge in [0.25, 0.3) is 5.56 Å². The summed E-state index contributed by atoms with van der Waals surface area (Å²) >= 11 is 7.52. The lowest BCUT2D eigenvalue weighted by Gasteiger charge is -2.25. The number of rotatable bonds is 11. The van der Waals surface area contributed by atoms with E-state index < -0.39 is 12.0 Å². The first-order valence-electron chi connectivity index (χ1n) is 14.7. The minimum atomic E-state index is -0.797. The van der Waals surface area contributed by atoms with Gasteiger partial charge >= 0.3 is 5.97 Å². The Kier molecular flexibility index (Phi) is 10.2. The second kappa shape index (κ2) is 14.3. The molecule has 9 nitrogen and oxygen atoms in total. The van der Waals surface area contributed by atoms with E-state index in [4.69, 9.17) is 35.3 Å². The number of esters is 1. The normalized spacial score (nSPS) is 14.5. The second-order valence-electron chi connectivity index (χ2n) is 10.7. The minimum absolute atomic E-state index is 0.0729. The minimum Gasteiger partial charge on any atom is -0.493 e. The SMILES string of the molecule is CCOC(=O)C1=C(C)N=c2s/c(=C\c3ccc(OCc4ccccc4Cl)c(OC)c3)c(=O)n2[C@H]1c1ccc(OC(C)C)c(OC)c1. The molecule has 240 valence electrons. The summed E-state index contributed by atoms with van der Waals surface area (Å²) in [6.07, 6.45) is 1.70. The number of hydrogen-bond donors (Lipinski definition) is 0. The fraction of sp³-hybridized carbons (Fsp3) is 0.286. The van der Waals surface area contributed by atoms with Crippen molar-refractivity contribution < 1.29 is 28.5 Å². The van der Waals surface area contributed by atoms with E-state index in [1.807, 2.05) is 50.2 Å². The highest BCUT2D eigenvalue weighted by molar-refractivity contribution is 7.07. The van der Waals surface area contributed by atoms with E-state index >= 15 is 0 Å². The first-order chi connectivity index (χ1) is 22.1. The molecule has 1 aromatic heterocycles. The van der Waals surface area contributed by atoms with Gasteiger partial charge in [0.2, 0.25) is 0 Å². The maximum atomic E-state index is 14.1. The highest BCUT2D eigenvalue weighted by Crippen LogP contribution is 2.37. The van der Waals surface area contributed by atoms with Gasteiger partial charge in [-0.25, -0.2) is 9.79 Å². The molecule has 0 amide bonds. The van der Waals surface area contributed by atoms with E-state index in [1.54, 1.807) is 58.4 Å². The van der Waals surface area contributed by atoms with Crippen LogP contribution in [0, 0.1) is 0 Å². The Hall–Kier alpha value is -4.54. The topological polar surface area (TPSA) is 97.6 Å². The summed E-state index contributed by atoms with van der Waals surface area (Å²) in [6, 6.07) is 17.5. The molecule has 11 heteroatoms. The standard InChI is InChI=1S/C35H35ClN2O7S/c1-7-43-34(40)31-21(4)37-35-38(32(31)23-13-15-27(45-20(2)3)29(18-23)42-6)33(39)30(46-35)17-22-12-14-26(28(16-22)41-5)44-19-24-10-8-9-11-25(24)36/h8-18,20,32H,7,19H2,1-6H3/b30-17-/t32-/m0/s1. The van der Waals surface area contributed by atoms with Crippen LogP contribution >= 0.6 is 22.9 Å². The number of hydrogen-bond acceptors (Lipinski definition) is 9. The smallest absolute Gasteiger partial charge is 0.338 e.